The third-order valence-corrected chi connectivity index (χ3v) is 2.31. The standard InChI is InChI=1S/C5H11ClO6S2/c1-13(7,8)11-3-5(6)4-12-14(2,9)10/h5H,3-4H2,1-2H3. The average molecular weight is 267 g/mol. The van der Waals surface area contributed by atoms with Crippen molar-refractivity contribution in [2.24, 2.45) is 0 Å². The summed E-state index contributed by atoms with van der Waals surface area (Å²) in [5.74, 6) is 0. The summed E-state index contributed by atoms with van der Waals surface area (Å²) in [6, 6.07) is 0. The topological polar surface area (TPSA) is 86.7 Å². The van der Waals surface area contributed by atoms with Crippen molar-refractivity contribution in [1.29, 1.82) is 0 Å². The first-order valence-corrected chi connectivity index (χ1v) is 7.50. The van der Waals surface area contributed by atoms with Crippen LogP contribution in [0.15, 0.2) is 0 Å². The second kappa shape index (κ2) is 5.26. The Labute approximate surface area is 88.4 Å². The van der Waals surface area contributed by atoms with Crippen LogP contribution in [0.4, 0.5) is 0 Å². The number of rotatable bonds is 6. The van der Waals surface area contributed by atoms with E-state index in [0.29, 0.717) is 0 Å². The highest BCUT2D eigenvalue weighted by atomic mass is 35.5. The largest absolute Gasteiger partial charge is 0.269 e. The highest BCUT2D eigenvalue weighted by Crippen LogP contribution is 2.02. The second-order valence-corrected chi connectivity index (χ2v) is 6.48. The van der Waals surface area contributed by atoms with Gasteiger partial charge < -0.3 is 0 Å². The lowest BCUT2D eigenvalue weighted by molar-refractivity contribution is 0.261. The monoisotopic (exact) mass is 266 g/mol. The van der Waals surface area contributed by atoms with E-state index in [4.69, 9.17) is 11.6 Å². The minimum atomic E-state index is -3.56. The van der Waals surface area contributed by atoms with Gasteiger partial charge in [0.1, 0.15) is 0 Å². The maximum Gasteiger partial charge on any atom is 0.264 e. The van der Waals surface area contributed by atoms with Gasteiger partial charge in [0.15, 0.2) is 0 Å². The highest BCUT2D eigenvalue weighted by molar-refractivity contribution is 7.86. The Hall–Kier alpha value is 0.110. The molecule has 0 fully saturated rings. The first kappa shape index (κ1) is 14.1. The van der Waals surface area contributed by atoms with E-state index in [0.717, 1.165) is 12.5 Å². The molecule has 86 valence electrons. The third-order valence-electron chi connectivity index (χ3n) is 0.926. The van der Waals surface area contributed by atoms with Crippen molar-refractivity contribution < 1.29 is 25.2 Å². The van der Waals surface area contributed by atoms with E-state index in [9.17, 15) is 16.8 Å². The molecule has 0 radical (unpaired) electrons. The van der Waals surface area contributed by atoms with Crippen molar-refractivity contribution in [3.05, 3.63) is 0 Å². The number of hydrogen-bond donors (Lipinski definition) is 0. The lowest BCUT2D eigenvalue weighted by Crippen LogP contribution is -2.20. The maximum absolute atomic E-state index is 10.5. The predicted molar refractivity (Wildman–Crippen MR) is 51.2 cm³/mol. The van der Waals surface area contributed by atoms with Gasteiger partial charge in [-0.25, -0.2) is 0 Å². The molecule has 0 unspecified atom stereocenters. The second-order valence-electron chi connectivity index (χ2n) is 2.57. The molecule has 0 saturated carbocycles. The van der Waals surface area contributed by atoms with E-state index in [-0.39, 0.29) is 13.2 Å². The van der Waals surface area contributed by atoms with Gasteiger partial charge in [0, 0.05) is 0 Å². The first-order valence-electron chi connectivity index (χ1n) is 3.43. The Morgan fingerprint density at radius 2 is 1.29 bits per heavy atom. The predicted octanol–water partition coefficient (Wildman–Crippen LogP) is -0.454. The summed E-state index contributed by atoms with van der Waals surface area (Å²) in [6.45, 7) is -0.647. The van der Waals surface area contributed by atoms with Crippen LogP contribution < -0.4 is 0 Å². The smallest absolute Gasteiger partial charge is 0.264 e. The Balaban J connectivity index is 3.84. The van der Waals surface area contributed by atoms with E-state index in [1.54, 1.807) is 0 Å². The SMILES string of the molecule is CS(=O)(=O)OCC(Cl)COS(C)(=O)=O. The Morgan fingerprint density at radius 3 is 1.50 bits per heavy atom. The summed E-state index contributed by atoms with van der Waals surface area (Å²) in [5, 5.41) is -0.834. The van der Waals surface area contributed by atoms with Gasteiger partial charge in [-0.15, -0.1) is 11.6 Å². The van der Waals surface area contributed by atoms with Crippen LogP contribution in [0.3, 0.4) is 0 Å². The number of alkyl halides is 1. The molecule has 0 heterocycles. The van der Waals surface area contributed by atoms with Crippen LogP contribution in [0.25, 0.3) is 0 Å². The van der Waals surface area contributed by atoms with E-state index in [1.807, 2.05) is 0 Å². The molecule has 6 nitrogen and oxygen atoms in total. The van der Waals surface area contributed by atoms with Gasteiger partial charge in [0.2, 0.25) is 0 Å². The first-order chi connectivity index (χ1) is 6.10. The molecule has 0 atom stereocenters. The molecule has 0 bridgehead atoms. The van der Waals surface area contributed by atoms with Crippen LogP contribution in [0.1, 0.15) is 0 Å². The Morgan fingerprint density at radius 1 is 1.00 bits per heavy atom. The zero-order valence-electron chi connectivity index (χ0n) is 7.64. The van der Waals surface area contributed by atoms with Crippen molar-refractivity contribution in [2.75, 3.05) is 25.7 Å². The fraction of sp³-hybridized carbons (Fsp3) is 1.00. The van der Waals surface area contributed by atoms with Gasteiger partial charge in [-0.3, -0.25) is 8.37 Å². The minimum absolute atomic E-state index is 0.324. The highest BCUT2D eigenvalue weighted by Gasteiger charge is 2.12. The molecule has 0 aromatic heterocycles. The van der Waals surface area contributed by atoms with Gasteiger partial charge in [0.05, 0.1) is 31.1 Å². The van der Waals surface area contributed by atoms with Crippen LogP contribution in [0.2, 0.25) is 0 Å². The third kappa shape index (κ3) is 10.2. The molecule has 0 aliphatic heterocycles. The summed E-state index contributed by atoms with van der Waals surface area (Å²) >= 11 is 5.51. The zero-order chi connectivity index (χ0) is 11.4. The molecule has 0 spiro atoms. The fourth-order valence-corrected chi connectivity index (χ4v) is 1.54. The molecule has 0 N–H and O–H groups in total. The average Bonchev–Trinajstić information content (AvgIpc) is 1.94. The summed E-state index contributed by atoms with van der Waals surface area (Å²) in [5.41, 5.74) is 0. The van der Waals surface area contributed by atoms with Crippen molar-refractivity contribution in [3.8, 4) is 0 Å². The van der Waals surface area contributed by atoms with Crippen LogP contribution in [0, 0.1) is 0 Å². The quantitative estimate of drug-likeness (QED) is 0.478. The molecular formula is C5H11ClO6S2. The normalized spacial score (nSPS) is 13.4. The molecule has 0 rings (SSSR count). The number of hydrogen-bond acceptors (Lipinski definition) is 6. The molecule has 0 aromatic carbocycles. The van der Waals surface area contributed by atoms with Crippen molar-refractivity contribution in [1.82, 2.24) is 0 Å². The van der Waals surface area contributed by atoms with Crippen LogP contribution in [-0.2, 0) is 28.6 Å². The molecule has 0 aliphatic carbocycles. The van der Waals surface area contributed by atoms with Gasteiger partial charge in [-0.2, -0.15) is 16.8 Å². The van der Waals surface area contributed by atoms with Gasteiger partial charge in [-0.1, -0.05) is 0 Å². The minimum Gasteiger partial charge on any atom is -0.269 e. The molecule has 0 aromatic rings. The molecule has 0 amide bonds. The molecule has 9 heteroatoms. The molecular weight excluding hydrogens is 256 g/mol. The van der Waals surface area contributed by atoms with E-state index in [1.165, 1.54) is 0 Å². The molecule has 0 aliphatic rings. The summed E-state index contributed by atoms with van der Waals surface area (Å²) < 4.78 is 50.6. The fourth-order valence-electron chi connectivity index (χ4n) is 0.443. The van der Waals surface area contributed by atoms with Crippen molar-refractivity contribution >= 4 is 31.8 Å². The van der Waals surface area contributed by atoms with Crippen LogP contribution in [0.5, 0.6) is 0 Å². The van der Waals surface area contributed by atoms with E-state index >= 15 is 0 Å². The maximum atomic E-state index is 10.5. The van der Waals surface area contributed by atoms with Crippen molar-refractivity contribution in [3.63, 3.8) is 0 Å². The Kier molecular flexibility index (Phi) is 5.31. The summed E-state index contributed by atoms with van der Waals surface area (Å²) in [6.07, 6.45) is 1.74. The van der Waals surface area contributed by atoms with E-state index in [2.05, 4.69) is 8.37 Å². The van der Waals surface area contributed by atoms with Gasteiger partial charge >= 0.3 is 0 Å². The van der Waals surface area contributed by atoms with Gasteiger partial charge in [-0.05, 0) is 0 Å². The molecule has 0 saturated heterocycles. The number of halogens is 1. The van der Waals surface area contributed by atoms with Crippen LogP contribution >= 0.6 is 11.6 Å². The lowest BCUT2D eigenvalue weighted by Gasteiger charge is -2.07. The van der Waals surface area contributed by atoms with E-state index < -0.39 is 25.6 Å². The summed E-state index contributed by atoms with van der Waals surface area (Å²) in [4.78, 5) is 0. The van der Waals surface area contributed by atoms with Gasteiger partial charge in [0.25, 0.3) is 20.2 Å². The molecule has 14 heavy (non-hydrogen) atoms. The zero-order valence-corrected chi connectivity index (χ0v) is 10.0. The Bertz CT molecular complexity index is 322. The summed E-state index contributed by atoms with van der Waals surface area (Å²) in [7, 11) is -7.12. The van der Waals surface area contributed by atoms with Crippen LogP contribution in [-0.4, -0.2) is 47.9 Å². The lowest BCUT2D eigenvalue weighted by atomic mass is 10.5. The van der Waals surface area contributed by atoms with Crippen molar-refractivity contribution in [2.45, 2.75) is 5.38 Å².